The highest BCUT2D eigenvalue weighted by Crippen LogP contribution is 2.37. The first kappa shape index (κ1) is 24.5. The van der Waals surface area contributed by atoms with E-state index in [2.05, 4.69) is 0 Å². The van der Waals surface area contributed by atoms with Gasteiger partial charge in [-0.25, -0.2) is 4.79 Å². The topological polar surface area (TPSA) is 93.2 Å². The molecule has 0 aliphatic carbocycles. The van der Waals surface area contributed by atoms with Crippen molar-refractivity contribution in [1.82, 2.24) is 9.80 Å². The third-order valence-corrected chi connectivity index (χ3v) is 6.78. The van der Waals surface area contributed by atoms with Crippen molar-refractivity contribution in [3.63, 3.8) is 0 Å². The molecule has 0 spiro atoms. The Balaban J connectivity index is 1.56. The van der Waals surface area contributed by atoms with Crippen molar-refractivity contribution < 1.29 is 28.7 Å². The van der Waals surface area contributed by atoms with Gasteiger partial charge in [-0.1, -0.05) is 29.8 Å². The van der Waals surface area contributed by atoms with Gasteiger partial charge in [0.15, 0.2) is 11.5 Å². The first-order valence-electron chi connectivity index (χ1n) is 11.4. The van der Waals surface area contributed by atoms with Crippen molar-refractivity contribution in [2.75, 3.05) is 26.7 Å². The van der Waals surface area contributed by atoms with Gasteiger partial charge in [-0.15, -0.1) is 0 Å². The van der Waals surface area contributed by atoms with E-state index in [9.17, 15) is 19.2 Å². The fourth-order valence-corrected chi connectivity index (χ4v) is 4.74. The molecule has 2 saturated heterocycles. The molecule has 0 aromatic heterocycles. The van der Waals surface area contributed by atoms with Crippen LogP contribution in [0.1, 0.15) is 40.7 Å². The van der Waals surface area contributed by atoms with Crippen molar-refractivity contribution in [1.29, 1.82) is 0 Å². The van der Waals surface area contributed by atoms with Crippen LogP contribution < -0.4 is 9.47 Å². The van der Waals surface area contributed by atoms with Crippen LogP contribution in [0.3, 0.4) is 0 Å². The molecule has 4 rings (SSSR count). The smallest absolute Gasteiger partial charge is 0.343 e. The highest BCUT2D eigenvalue weighted by Gasteiger charge is 2.37. The number of hydrogen-bond donors (Lipinski definition) is 0. The van der Waals surface area contributed by atoms with Crippen LogP contribution in [0, 0.1) is 6.92 Å². The largest absolute Gasteiger partial charge is 0.493 e. The van der Waals surface area contributed by atoms with Crippen LogP contribution in [0.2, 0.25) is 0 Å². The summed E-state index contributed by atoms with van der Waals surface area (Å²) in [6.07, 6.45) is 4.41. The standard InChI is InChI=1S/C26H26N2O6S/c1-17-9-11-18(12-10-17)25(31)34-23-19(7-6-8-20(23)33-2)15-21-24(30)28(26(32)35-21)16-22(29)27-13-4-3-5-14-27/h6-12,15H,3-5,13-14,16H2,1-2H3/b21-15-. The molecular weight excluding hydrogens is 468 g/mol. The zero-order chi connectivity index (χ0) is 24.9. The zero-order valence-corrected chi connectivity index (χ0v) is 20.4. The third-order valence-electron chi connectivity index (χ3n) is 5.87. The lowest BCUT2D eigenvalue weighted by atomic mass is 10.1. The van der Waals surface area contributed by atoms with E-state index in [1.54, 1.807) is 47.4 Å². The predicted octanol–water partition coefficient (Wildman–Crippen LogP) is 4.27. The molecule has 3 amide bonds. The number of piperidine rings is 1. The average molecular weight is 495 g/mol. The molecule has 2 aliphatic rings. The van der Waals surface area contributed by atoms with Gasteiger partial charge in [0.2, 0.25) is 5.91 Å². The third kappa shape index (κ3) is 5.57. The number of esters is 1. The fraction of sp³-hybridized carbons (Fsp3) is 0.308. The summed E-state index contributed by atoms with van der Waals surface area (Å²) in [6.45, 7) is 2.92. The number of carbonyl (C=O) groups excluding carboxylic acids is 4. The van der Waals surface area contributed by atoms with Crippen LogP contribution in [0.15, 0.2) is 47.4 Å². The number of thioether (sulfide) groups is 1. The second-order valence-corrected chi connectivity index (χ2v) is 9.34. The fourth-order valence-electron chi connectivity index (χ4n) is 3.91. The lowest BCUT2D eigenvalue weighted by Gasteiger charge is -2.27. The van der Waals surface area contributed by atoms with E-state index < -0.39 is 17.1 Å². The molecule has 0 atom stereocenters. The van der Waals surface area contributed by atoms with Crippen molar-refractivity contribution in [2.24, 2.45) is 0 Å². The highest BCUT2D eigenvalue weighted by atomic mass is 32.2. The van der Waals surface area contributed by atoms with E-state index in [1.807, 2.05) is 6.92 Å². The number of likely N-dealkylation sites (tertiary alicyclic amines) is 1. The Bertz CT molecular complexity index is 1180. The van der Waals surface area contributed by atoms with Gasteiger partial charge in [0, 0.05) is 18.7 Å². The van der Waals surface area contributed by atoms with E-state index >= 15 is 0 Å². The van der Waals surface area contributed by atoms with Crippen molar-refractivity contribution >= 4 is 40.9 Å². The van der Waals surface area contributed by atoms with E-state index in [4.69, 9.17) is 9.47 Å². The first-order chi connectivity index (χ1) is 16.9. The van der Waals surface area contributed by atoms with Gasteiger partial charge in [0.1, 0.15) is 6.54 Å². The number of aryl methyl sites for hydroxylation is 1. The monoisotopic (exact) mass is 494 g/mol. The minimum atomic E-state index is -0.579. The van der Waals surface area contributed by atoms with Crippen molar-refractivity contribution in [3.8, 4) is 11.5 Å². The molecule has 8 nitrogen and oxygen atoms in total. The van der Waals surface area contributed by atoms with E-state index in [0.29, 0.717) is 30.0 Å². The molecule has 35 heavy (non-hydrogen) atoms. The molecule has 0 bridgehead atoms. The first-order valence-corrected chi connectivity index (χ1v) is 12.2. The lowest BCUT2D eigenvalue weighted by Crippen LogP contribution is -2.44. The van der Waals surface area contributed by atoms with Crippen LogP contribution in [-0.4, -0.2) is 59.6 Å². The number of amides is 3. The summed E-state index contributed by atoms with van der Waals surface area (Å²) < 4.78 is 11.0. The molecule has 2 aromatic carbocycles. The Morgan fingerprint density at radius 1 is 1.03 bits per heavy atom. The molecule has 9 heteroatoms. The van der Waals surface area contributed by atoms with Crippen LogP contribution >= 0.6 is 11.8 Å². The zero-order valence-electron chi connectivity index (χ0n) is 19.6. The summed E-state index contributed by atoms with van der Waals surface area (Å²) in [5, 5.41) is -0.507. The van der Waals surface area contributed by atoms with Crippen LogP contribution in [0.5, 0.6) is 11.5 Å². The van der Waals surface area contributed by atoms with Gasteiger partial charge in [0.05, 0.1) is 17.6 Å². The van der Waals surface area contributed by atoms with Crippen molar-refractivity contribution in [2.45, 2.75) is 26.2 Å². The maximum atomic E-state index is 13.0. The molecular formula is C26H26N2O6S. The van der Waals surface area contributed by atoms with Gasteiger partial charge in [-0.2, -0.15) is 0 Å². The number of carbonyl (C=O) groups is 4. The molecule has 0 N–H and O–H groups in total. The minimum absolute atomic E-state index is 0.136. The number of nitrogens with zero attached hydrogens (tertiary/aromatic N) is 2. The Kier molecular flexibility index (Phi) is 7.55. The maximum Gasteiger partial charge on any atom is 0.343 e. The molecule has 0 radical (unpaired) electrons. The number of benzene rings is 2. The Morgan fingerprint density at radius 2 is 1.74 bits per heavy atom. The Hall–Kier alpha value is -3.59. The molecule has 2 fully saturated rings. The summed E-state index contributed by atoms with van der Waals surface area (Å²) in [5.41, 5.74) is 1.77. The number of para-hydroxylation sites is 1. The van der Waals surface area contributed by atoms with Gasteiger partial charge >= 0.3 is 5.97 Å². The van der Waals surface area contributed by atoms with Crippen LogP contribution in [0.25, 0.3) is 6.08 Å². The summed E-state index contributed by atoms with van der Waals surface area (Å²) in [4.78, 5) is 53.7. The number of methoxy groups -OCH3 is 1. The number of ether oxygens (including phenoxy) is 2. The summed E-state index contributed by atoms with van der Waals surface area (Å²) in [6, 6.07) is 11.9. The molecule has 0 unspecified atom stereocenters. The normalized spacial score (nSPS) is 17.1. The highest BCUT2D eigenvalue weighted by molar-refractivity contribution is 8.18. The maximum absolute atomic E-state index is 13.0. The summed E-state index contributed by atoms with van der Waals surface area (Å²) in [5.74, 6) is -0.925. The molecule has 2 aliphatic heterocycles. The minimum Gasteiger partial charge on any atom is -0.493 e. The second kappa shape index (κ2) is 10.8. The van der Waals surface area contributed by atoms with Crippen LogP contribution in [0.4, 0.5) is 4.79 Å². The van der Waals surface area contributed by atoms with E-state index in [0.717, 1.165) is 41.5 Å². The van der Waals surface area contributed by atoms with Gasteiger partial charge < -0.3 is 14.4 Å². The van der Waals surface area contributed by atoms with Gasteiger partial charge in [0.25, 0.3) is 11.1 Å². The van der Waals surface area contributed by atoms with Crippen LogP contribution in [-0.2, 0) is 9.59 Å². The lowest BCUT2D eigenvalue weighted by molar-refractivity contribution is -0.136. The van der Waals surface area contributed by atoms with Crippen molar-refractivity contribution in [3.05, 3.63) is 64.1 Å². The van der Waals surface area contributed by atoms with E-state index in [-0.39, 0.29) is 23.1 Å². The SMILES string of the molecule is COc1cccc(/C=C2\SC(=O)N(CC(=O)N3CCCCC3)C2=O)c1OC(=O)c1ccc(C)cc1. The van der Waals surface area contributed by atoms with Gasteiger partial charge in [-0.3, -0.25) is 19.3 Å². The Labute approximate surface area is 207 Å². The van der Waals surface area contributed by atoms with Gasteiger partial charge in [-0.05, 0) is 62.2 Å². The van der Waals surface area contributed by atoms with E-state index in [1.165, 1.54) is 13.2 Å². The molecule has 2 aromatic rings. The number of rotatable bonds is 6. The molecule has 0 saturated carbocycles. The molecule has 182 valence electrons. The molecule has 2 heterocycles. The Morgan fingerprint density at radius 3 is 2.43 bits per heavy atom. The summed E-state index contributed by atoms with van der Waals surface area (Å²) >= 11 is 0.751. The predicted molar refractivity (Wildman–Crippen MR) is 132 cm³/mol. The number of hydrogen-bond acceptors (Lipinski definition) is 7. The summed E-state index contributed by atoms with van der Waals surface area (Å²) in [7, 11) is 1.45. The number of imide groups is 1. The average Bonchev–Trinajstić information content (AvgIpc) is 3.13. The second-order valence-electron chi connectivity index (χ2n) is 8.34. The quantitative estimate of drug-likeness (QED) is 0.336.